The summed E-state index contributed by atoms with van der Waals surface area (Å²) in [6.07, 6.45) is 0. The van der Waals surface area contributed by atoms with Gasteiger partial charge in [-0.1, -0.05) is 23.7 Å². The molecule has 0 spiro atoms. The number of anilines is 1. The van der Waals surface area contributed by atoms with Crippen LogP contribution in [-0.4, -0.2) is 10.9 Å². The minimum atomic E-state index is -0.326. The van der Waals surface area contributed by atoms with Crippen LogP contribution in [0, 0.1) is 5.82 Å². The fourth-order valence-electron chi connectivity index (χ4n) is 1.82. The second-order valence-corrected chi connectivity index (χ2v) is 4.84. The molecule has 0 fully saturated rings. The average molecular weight is 309 g/mol. The first kappa shape index (κ1) is 15.2. The molecule has 0 bridgehead atoms. The number of hydrogen-bond acceptors (Lipinski definition) is 4. The van der Waals surface area contributed by atoms with Crippen molar-refractivity contribution in [2.75, 3.05) is 5.43 Å². The number of nitrogen functional groups attached to an aromatic ring is 1. The van der Waals surface area contributed by atoms with Gasteiger partial charge in [0.2, 0.25) is 0 Å². The van der Waals surface area contributed by atoms with E-state index in [-0.39, 0.29) is 22.9 Å². The molecule has 1 unspecified atom stereocenters. The Morgan fingerprint density at radius 2 is 2.00 bits per heavy atom. The van der Waals surface area contributed by atoms with Gasteiger partial charge in [0.1, 0.15) is 16.8 Å². The van der Waals surface area contributed by atoms with Crippen molar-refractivity contribution in [3.8, 4) is 0 Å². The molecule has 1 atom stereocenters. The zero-order valence-corrected chi connectivity index (χ0v) is 12.0. The molecule has 1 aromatic carbocycles. The van der Waals surface area contributed by atoms with Gasteiger partial charge in [0.15, 0.2) is 0 Å². The predicted octanol–water partition coefficient (Wildman–Crippen LogP) is 2.65. The summed E-state index contributed by atoms with van der Waals surface area (Å²) < 4.78 is 12.9. The van der Waals surface area contributed by atoms with Gasteiger partial charge in [0, 0.05) is 5.56 Å². The van der Waals surface area contributed by atoms with E-state index >= 15 is 0 Å². The van der Waals surface area contributed by atoms with E-state index in [1.54, 1.807) is 19.1 Å². The highest BCUT2D eigenvalue weighted by Crippen LogP contribution is 2.17. The topological polar surface area (TPSA) is 80.0 Å². The fraction of sp³-hybridized carbons (Fsp3) is 0.143. The number of hydrogen-bond donors (Lipinski definition) is 3. The van der Waals surface area contributed by atoms with Gasteiger partial charge in [-0.25, -0.2) is 15.2 Å². The maximum atomic E-state index is 12.9. The lowest BCUT2D eigenvalue weighted by Gasteiger charge is -2.15. The van der Waals surface area contributed by atoms with E-state index in [0.717, 1.165) is 5.56 Å². The number of benzene rings is 1. The third-order valence-electron chi connectivity index (χ3n) is 2.92. The van der Waals surface area contributed by atoms with E-state index in [1.807, 2.05) is 0 Å². The highest BCUT2D eigenvalue weighted by Gasteiger charge is 2.13. The number of rotatable bonds is 4. The summed E-state index contributed by atoms with van der Waals surface area (Å²) in [6, 6.07) is 8.57. The monoisotopic (exact) mass is 308 g/mol. The fourth-order valence-corrected chi connectivity index (χ4v) is 2.03. The number of hydrazine groups is 1. The minimum Gasteiger partial charge on any atom is -0.346 e. The Kier molecular flexibility index (Phi) is 4.72. The summed E-state index contributed by atoms with van der Waals surface area (Å²) in [7, 11) is 0. The molecule has 1 heterocycles. The predicted molar refractivity (Wildman–Crippen MR) is 79.3 cm³/mol. The third-order valence-corrected chi connectivity index (χ3v) is 3.12. The Morgan fingerprint density at radius 1 is 1.33 bits per heavy atom. The first-order valence-corrected chi connectivity index (χ1v) is 6.58. The summed E-state index contributed by atoms with van der Waals surface area (Å²) in [6.45, 7) is 1.80. The lowest BCUT2D eigenvalue weighted by molar-refractivity contribution is 0.0940. The highest BCUT2D eigenvalue weighted by molar-refractivity contribution is 6.29. The number of amides is 1. The molecule has 1 amide bonds. The van der Waals surface area contributed by atoms with Crippen molar-refractivity contribution in [1.29, 1.82) is 0 Å². The summed E-state index contributed by atoms with van der Waals surface area (Å²) in [5.74, 6) is 4.90. The molecule has 2 rings (SSSR count). The van der Waals surface area contributed by atoms with Gasteiger partial charge in [0.05, 0.1) is 6.04 Å². The van der Waals surface area contributed by atoms with Gasteiger partial charge in [-0.05, 0) is 36.8 Å². The van der Waals surface area contributed by atoms with E-state index in [4.69, 9.17) is 17.4 Å². The van der Waals surface area contributed by atoms with E-state index in [9.17, 15) is 9.18 Å². The maximum Gasteiger partial charge on any atom is 0.251 e. The standard InChI is InChI=1S/C14H14ClFN4O/c1-8(9-2-4-11(16)5-3-9)18-14(21)10-6-12(15)19-13(7-10)20-17/h2-8H,17H2,1H3,(H,18,21)(H,19,20). The number of pyridine rings is 1. The molecule has 0 saturated carbocycles. The Labute approximate surface area is 126 Å². The van der Waals surface area contributed by atoms with Crippen LogP contribution < -0.4 is 16.6 Å². The van der Waals surface area contributed by atoms with Crippen LogP contribution in [0.25, 0.3) is 0 Å². The minimum absolute atomic E-state index is 0.157. The molecule has 2 aromatic rings. The van der Waals surface area contributed by atoms with Gasteiger partial charge in [-0.15, -0.1) is 0 Å². The van der Waals surface area contributed by atoms with Crippen molar-refractivity contribution < 1.29 is 9.18 Å². The average Bonchev–Trinajstić information content (AvgIpc) is 2.47. The van der Waals surface area contributed by atoms with E-state index in [0.29, 0.717) is 11.4 Å². The number of nitrogens with zero attached hydrogens (tertiary/aromatic N) is 1. The second kappa shape index (κ2) is 6.51. The van der Waals surface area contributed by atoms with Gasteiger partial charge in [-0.2, -0.15) is 0 Å². The van der Waals surface area contributed by atoms with Crippen molar-refractivity contribution in [3.63, 3.8) is 0 Å². The summed E-state index contributed by atoms with van der Waals surface area (Å²) in [5.41, 5.74) is 3.46. The molecule has 110 valence electrons. The summed E-state index contributed by atoms with van der Waals surface area (Å²) >= 11 is 5.82. The van der Waals surface area contributed by atoms with E-state index < -0.39 is 0 Å². The molecular formula is C14H14ClFN4O. The van der Waals surface area contributed by atoms with E-state index in [1.165, 1.54) is 24.3 Å². The number of nitrogens with two attached hydrogens (primary N) is 1. The van der Waals surface area contributed by atoms with Crippen LogP contribution >= 0.6 is 11.6 Å². The van der Waals surface area contributed by atoms with Gasteiger partial charge >= 0.3 is 0 Å². The Hall–Kier alpha value is -2.18. The quantitative estimate of drug-likeness (QED) is 0.461. The number of aromatic nitrogens is 1. The smallest absolute Gasteiger partial charge is 0.251 e. The van der Waals surface area contributed by atoms with Crippen molar-refractivity contribution in [1.82, 2.24) is 10.3 Å². The molecule has 0 aliphatic heterocycles. The maximum absolute atomic E-state index is 12.9. The first-order valence-electron chi connectivity index (χ1n) is 6.20. The molecule has 0 aliphatic rings. The zero-order chi connectivity index (χ0) is 15.4. The Balaban J connectivity index is 2.13. The molecule has 7 heteroatoms. The lowest BCUT2D eigenvalue weighted by Crippen LogP contribution is -2.27. The normalized spacial score (nSPS) is 11.8. The summed E-state index contributed by atoms with van der Waals surface area (Å²) in [5, 5.41) is 2.95. The molecule has 0 radical (unpaired) electrons. The van der Waals surface area contributed by atoms with E-state index in [2.05, 4.69) is 15.7 Å². The van der Waals surface area contributed by atoms with Crippen molar-refractivity contribution in [3.05, 3.63) is 58.5 Å². The highest BCUT2D eigenvalue weighted by atomic mass is 35.5. The van der Waals surface area contributed by atoms with Crippen LogP contribution in [0.1, 0.15) is 28.9 Å². The first-order chi connectivity index (χ1) is 9.99. The zero-order valence-electron chi connectivity index (χ0n) is 11.2. The SMILES string of the molecule is CC(NC(=O)c1cc(Cl)nc(NN)c1)c1ccc(F)cc1. The van der Waals surface area contributed by atoms with Crippen molar-refractivity contribution >= 4 is 23.3 Å². The summed E-state index contributed by atoms with van der Waals surface area (Å²) in [4.78, 5) is 16.1. The largest absolute Gasteiger partial charge is 0.346 e. The number of nitrogens with one attached hydrogen (secondary N) is 2. The molecule has 21 heavy (non-hydrogen) atoms. The van der Waals surface area contributed by atoms with Crippen LogP contribution in [0.5, 0.6) is 0 Å². The Morgan fingerprint density at radius 3 is 2.62 bits per heavy atom. The van der Waals surface area contributed by atoms with Crippen LogP contribution in [0.2, 0.25) is 5.15 Å². The lowest BCUT2D eigenvalue weighted by atomic mass is 10.1. The Bertz CT molecular complexity index is 648. The van der Waals surface area contributed by atoms with Gasteiger partial charge < -0.3 is 10.7 Å². The van der Waals surface area contributed by atoms with Gasteiger partial charge in [-0.3, -0.25) is 4.79 Å². The molecule has 5 nitrogen and oxygen atoms in total. The second-order valence-electron chi connectivity index (χ2n) is 4.45. The van der Waals surface area contributed by atoms with Crippen LogP contribution in [-0.2, 0) is 0 Å². The number of carbonyl (C=O) groups excluding carboxylic acids is 1. The van der Waals surface area contributed by atoms with Crippen LogP contribution in [0.15, 0.2) is 36.4 Å². The third kappa shape index (κ3) is 3.90. The van der Waals surface area contributed by atoms with Crippen LogP contribution in [0.3, 0.4) is 0 Å². The number of carbonyl (C=O) groups is 1. The molecule has 4 N–H and O–H groups in total. The van der Waals surface area contributed by atoms with Crippen molar-refractivity contribution in [2.45, 2.75) is 13.0 Å². The van der Waals surface area contributed by atoms with Crippen LogP contribution in [0.4, 0.5) is 10.2 Å². The van der Waals surface area contributed by atoms with Crippen molar-refractivity contribution in [2.24, 2.45) is 5.84 Å². The molecular weight excluding hydrogens is 295 g/mol. The molecule has 0 aliphatic carbocycles. The number of halogens is 2. The molecule has 1 aromatic heterocycles. The molecule has 0 saturated heterocycles. The van der Waals surface area contributed by atoms with Gasteiger partial charge in [0.25, 0.3) is 5.91 Å².